The molecule has 0 saturated heterocycles. The summed E-state index contributed by atoms with van der Waals surface area (Å²) in [6.07, 6.45) is 0. The van der Waals surface area contributed by atoms with Crippen LogP contribution in [0.5, 0.6) is 11.5 Å². The number of fused-ring (bicyclic) bond motifs is 1. The van der Waals surface area contributed by atoms with Crippen LogP contribution in [0.25, 0.3) is 22.2 Å². The van der Waals surface area contributed by atoms with E-state index in [2.05, 4.69) is 0 Å². The number of nitrogens with zero attached hydrogens (tertiary/aromatic N) is 2. The number of para-hydroxylation sites is 1. The smallest absolute Gasteiger partial charge is 0.339 e. The molecular weight excluding hydrogens is 508 g/mol. The number of carbonyl (C=O) groups excluding carboxylic acids is 2. The minimum absolute atomic E-state index is 0.0378. The molecule has 0 amide bonds. The van der Waals surface area contributed by atoms with Gasteiger partial charge in [0.1, 0.15) is 11.5 Å². The fraction of sp³-hybridized carbons (Fsp3) is 0.0938. The first kappa shape index (κ1) is 26.2. The first-order chi connectivity index (χ1) is 19.3. The molecule has 0 aliphatic carbocycles. The molecule has 8 nitrogen and oxygen atoms in total. The molecule has 8 heteroatoms. The van der Waals surface area contributed by atoms with E-state index in [0.717, 1.165) is 11.1 Å². The summed E-state index contributed by atoms with van der Waals surface area (Å²) in [5.74, 6) is -0.102. The molecule has 0 aliphatic heterocycles. The van der Waals surface area contributed by atoms with Crippen LogP contribution in [0, 0.1) is 24.0 Å². The lowest BCUT2D eigenvalue weighted by molar-refractivity contribution is -0.384. The lowest BCUT2D eigenvalue weighted by Crippen LogP contribution is -2.16. The van der Waals surface area contributed by atoms with E-state index in [0.29, 0.717) is 44.8 Å². The third kappa shape index (κ3) is 5.56. The van der Waals surface area contributed by atoms with Crippen LogP contribution in [0.15, 0.2) is 97.1 Å². The first-order valence-electron chi connectivity index (χ1n) is 12.5. The molecule has 0 atom stereocenters. The number of ketones is 1. The number of carbonyl (C=O) groups is 2. The molecule has 40 heavy (non-hydrogen) atoms. The third-order valence-electron chi connectivity index (χ3n) is 6.46. The van der Waals surface area contributed by atoms with Crippen LogP contribution in [0.4, 0.5) is 5.69 Å². The number of aromatic nitrogens is 1. The highest BCUT2D eigenvalue weighted by atomic mass is 16.6. The number of nitro benzene ring substituents is 1. The second-order valence-corrected chi connectivity index (χ2v) is 9.22. The highest BCUT2D eigenvalue weighted by Crippen LogP contribution is 2.30. The van der Waals surface area contributed by atoms with Gasteiger partial charge in [0.25, 0.3) is 5.69 Å². The zero-order valence-corrected chi connectivity index (χ0v) is 21.8. The van der Waals surface area contributed by atoms with Gasteiger partial charge in [-0.05, 0) is 61.9 Å². The monoisotopic (exact) mass is 532 g/mol. The maximum atomic E-state index is 13.3. The summed E-state index contributed by atoms with van der Waals surface area (Å²) < 4.78 is 11.2. The lowest BCUT2D eigenvalue weighted by Gasteiger charge is -2.14. The zero-order chi connectivity index (χ0) is 28.2. The molecule has 0 unspecified atom stereocenters. The van der Waals surface area contributed by atoms with Gasteiger partial charge >= 0.3 is 5.97 Å². The molecule has 5 aromatic rings. The molecule has 0 fully saturated rings. The van der Waals surface area contributed by atoms with Gasteiger partial charge in [-0.1, -0.05) is 48.0 Å². The molecule has 0 aliphatic rings. The summed E-state index contributed by atoms with van der Waals surface area (Å²) in [7, 11) is 0. The van der Waals surface area contributed by atoms with Crippen molar-refractivity contribution in [3.8, 4) is 22.8 Å². The van der Waals surface area contributed by atoms with E-state index in [9.17, 15) is 19.7 Å². The number of non-ortho nitro benzene ring substituents is 1. The summed E-state index contributed by atoms with van der Waals surface area (Å²) in [5, 5.41) is 11.5. The number of Topliss-reactive ketones (excluding diaryl/α,β-unsaturated/α-hetero) is 1. The summed E-state index contributed by atoms with van der Waals surface area (Å²) in [5.41, 5.74) is 4.70. The lowest BCUT2D eigenvalue weighted by atomic mass is 9.97. The molecule has 0 N–H and O–H groups in total. The van der Waals surface area contributed by atoms with Crippen LogP contribution in [0.2, 0.25) is 0 Å². The van der Waals surface area contributed by atoms with Crippen LogP contribution in [-0.4, -0.2) is 28.3 Å². The topological polar surface area (TPSA) is 109 Å². The Morgan fingerprint density at radius 2 is 1.45 bits per heavy atom. The van der Waals surface area contributed by atoms with Gasteiger partial charge in [-0.3, -0.25) is 14.9 Å². The number of aryl methyl sites for hydroxylation is 1. The van der Waals surface area contributed by atoms with E-state index in [4.69, 9.17) is 14.5 Å². The molecule has 1 aromatic heterocycles. The van der Waals surface area contributed by atoms with Gasteiger partial charge in [0.2, 0.25) is 0 Å². The van der Waals surface area contributed by atoms with Gasteiger partial charge in [0, 0.05) is 28.6 Å². The van der Waals surface area contributed by atoms with Crippen LogP contribution in [0.1, 0.15) is 31.8 Å². The van der Waals surface area contributed by atoms with E-state index in [1.807, 2.05) is 62.4 Å². The van der Waals surface area contributed by atoms with Crippen molar-refractivity contribution in [2.45, 2.75) is 13.8 Å². The molecule has 0 bridgehead atoms. The number of benzene rings is 4. The van der Waals surface area contributed by atoms with Gasteiger partial charge in [0.15, 0.2) is 12.4 Å². The second-order valence-electron chi connectivity index (χ2n) is 9.22. The SMILES string of the molecule is Cc1ccc(-c2nc3ccccc3c(C(=O)OCC(=O)c3ccc(Oc4ccc([N+](=O)[O-])cc4)cc3)c2C)cc1. The van der Waals surface area contributed by atoms with Crippen LogP contribution >= 0.6 is 0 Å². The number of esters is 1. The Hall–Kier alpha value is -5.37. The van der Waals surface area contributed by atoms with Gasteiger partial charge < -0.3 is 9.47 Å². The highest BCUT2D eigenvalue weighted by molar-refractivity contribution is 6.07. The number of pyridine rings is 1. The fourth-order valence-corrected chi connectivity index (χ4v) is 4.33. The second kappa shape index (κ2) is 11.2. The van der Waals surface area contributed by atoms with Gasteiger partial charge in [-0.2, -0.15) is 0 Å². The Kier molecular flexibility index (Phi) is 7.33. The molecular formula is C32H24N2O6. The standard InChI is InChI=1S/C32H24N2O6/c1-20-7-9-23(10-8-20)31-21(2)30(27-5-3-4-6-28(27)33-31)32(36)39-19-29(35)22-11-15-25(16-12-22)40-26-17-13-24(14-18-26)34(37)38/h3-18H,19H2,1-2H3. The summed E-state index contributed by atoms with van der Waals surface area (Å²) in [4.78, 5) is 41.2. The van der Waals surface area contributed by atoms with Crippen molar-refractivity contribution in [2.24, 2.45) is 0 Å². The van der Waals surface area contributed by atoms with Crippen LogP contribution in [-0.2, 0) is 4.74 Å². The minimum atomic E-state index is -0.601. The molecule has 4 aromatic carbocycles. The maximum absolute atomic E-state index is 13.3. The van der Waals surface area contributed by atoms with Gasteiger partial charge in [-0.15, -0.1) is 0 Å². The summed E-state index contributed by atoms with van der Waals surface area (Å²) in [6, 6.07) is 27.3. The van der Waals surface area contributed by atoms with Crippen molar-refractivity contribution < 1.29 is 24.0 Å². The largest absolute Gasteiger partial charge is 0.457 e. The highest BCUT2D eigenvalue weighted by Gasteiger charge is 2.21. The molecule has 0 radical (unpaired) electrons. The quantitative estimate of drug-likeness (QED) is 0.0895. The predicted octanol–water partition coefficient (Wildman–Crippen LogP) is 7.26. The molecule has 5 rings (SSSR count). The summed E-state index contributed by atoms with van der Waals surface area (Å²) in [6.45, 7) is 3.40. The Morgan fingerprint density at radius 3 is 2.10 bits per heavy atom. The van der Waals surface area contributed by atoms with E-state index >= 15 is 0 Å². The van der Waals surface area contributed by atoms with Crippen molar-refractivity contribution in [1.29, 1.82) is 0 Å². The Balaban J connectivity index is 1.31. The Labute approximate surface area is 230 Å². The Bertz CT molecular complexity index is 1730. The normalized spacial score (nSPS) is 10.8. The molecule has 1 heterocycles. The predicted molar refractivity (Wildman–Crippen MR) is 151 cm³/mol. The number of ether oxygens (including phenoxy) is 2. The average Bonchev–Trinajstić information content (AvgIpc) is 2.96. The fourth-order valence-electron chi connectivity index (χ4n) is 4.33. The van der Waals surface area contributed by atoms with Gasteiger partial charge in [0.05, 0.1) is 21.7 Å². The van der Waals surface area contributed by atoms with Crippen molar-refractivity contribution >= 4 is 28.3 Å². The van der Waals surface area contributed by atoms with E-state index < -0.39 is 17.5 Å². The molecule has 0 saturated carbocycles. The molecule has 198 valence electrons. The number of hydrogen-bond acceptors (Lipinski definition) is 7. The zero-order valence-electron chi connectivity index (χ0n) is 21.8. The number of hydrogen-bond donors (Lipinski definition) is 0. The molecule has 0 spiro atoms. The summed E-state index contributed by atoms with van der Waals surface area (Å²) >= 11 is 0. The minimum Gasteiger partial charge on any atom is -0.457 e. The van der Waals surface area contributed by atoms with Crippen LogP contribution < -0.4 is 4.74 Å². The maximum Gasteiger partial charge on any atom is 0.339 e. The van der Waals surface area contributed by atoms with Crippen molar-refractivity contribution in [2.75, 3.05) is 6.61 Å². The van der Waals surface area contributed by atoms with Crippen molar-refractivity contribution in [1.82, 2.24) is 4.98 Å². The Morgan fingerprint density at radius 1 is 0.825 bits per heavy atom. The van der Waals surface area contributed by atoms with Crippen molar-refractivity contribution in [3.05, 3.63) is 129 Å². The number of nitro groups is 1. The van der Waals surface area contributed by atoms with Crippen molar-refractivity contribution in [3.63, 3.8) is 0 Å². The van der Waals surface area contributed by atoms with Gasteiger partial charge in [-0.25, -0.2) is 9.78 Å². The first-order valence-corrected chi connectivity index (χ1v) is 12.5. The van der Waals surface area contributed by atoms with Crippen LogP contribution in [0.3, 0.4) is 0 Å². The van der Waals surface area contributed by atoms with E-state index in [1.165, 1.54) is 24.3 Å². The van der Waals surface area contributed by atoms with E-state index in [1.54, 1.807) is 24.3 Å². The third-order valence-corrected chi connectivity index (χ3v) is 6.46. The van der Waals surface area contributed by atoms with E-state index in [-0.39, 0.29) is 11.5 Å². The average molecular weight is 533 g/mol. The number of rotatable bonds is 8.